The summed E-state index contributed by atoms with van der Waals surface area (Å²) in [7, 11) is 1.60. The van der Waals surface area contributed by atoms with E-state index in [1.807, 2.05) is 24.3 Å². The highest BCUT2D eigenvalue weighted by molar-refractivity contribution is 5.94. The topological polar surface area (TPSA) is 71.9 Å². The first-order valence-electron chi connectivity index (χ1n) is 9.55. The highest BCUT2D eigenvalue weighted by Gasteiger charge is 2.34. The zero-order valence-electron chi connectivity index (χ0n) is 16.4. The first kappa shape index (κ1) is 21.6. The van der Waals surface area contributed by atoms with E-state index in [2.05, 4.69) is 10.6 Å². The van der Waals surface area contributed by atoms with Crippen LogP contribution in [0.2, 0.25) is 0 Å². The highest BCUT2D eigenvalue weighted by atomic mass is 19.2. The van der Waals surface area contributed by atoms with Crippen LogP contribution < -0.4 is 20.3 Å². The number of anilines is 1. The summed E-state index contributed by atoms with van der Waals surface area (Å²) in [5.41, 5.74) is 0.579. The predicted molar refractivity (Wildman–Crippen MR) is 104 cm³/mol. The molecular weight excluding hydrogens is 399 g/mol. The van der Waals surface area contributed by atoms with Crippen molar-refractivity contribution in [3.05, 3.63) is 59.4 Å². The van der Waals surface area contributed by atoms with Crippen molar-refractivity contribution in [2.75, 3.05) is 25.5 Å². The summed E-state index contributed by atoms with van der Waals surface area (Å²) in [4.78, 5) is 25.3. The number of ether oxygens (including phenoxy) is 1. The zero-order valence-corrected chi connectivity index (χ0v) is 16.4. The minimum absolute atomic E-state index is 0.184. The summed E-state index contributed by atoms with van der Waals surface area (Å²) in [6, 6.07) is 9.64. The van der Waals surface area contributed by atoms with Gasteiger partial charge < -0.3 is 20.3 Å². The Morgan fingerprint density at radius 3 is 2.37 bits per heavy atom. The van der Waals surface area contributed by atoms with Gasteiger partial charge in [-0.3, -0.25) is 9.59 Å². The van der Waals surface area contributed by atoms with Crippen molar-refractivity contribution in [2.24, 2.45) is 0 Å². The second kappa shape index (κ2) is 9.62. The number of rotatable bonds is 9. The second-order valence-electron chi connectivity index (χ2n) is 7.18. The number of methoxy groups -OCH3 is 1. The molecule has 3 rings (SSSR count). The first-order chi connectivity index (χ1) is 14.4. The maximum Gasteiger partial charge on any atom is 0.275 e. The van der Waals surface area contributed by atoms with Gasteiger partial charge in [-0.05, 0) is 36.4 Å². The van der Waals surface area contributed by atoms with Crippen LogP contribution in [0.1, 0.15) is 18.4 Å². The number of carbonyl (C=O) groups excluding carboxylic acids is 2. The molecule has 1 fully saturated rings. The summed E-state index contributed by atoms with van der Waals surface area (Å²) in [5.74, 6) is -4.81. The Kier molecular flexibility index (Phi) is 6.94. The Balaban J connectivity index is 1.49. The third kappa shape index (κ3) is 5.73. The van der Waals surface area contributed by atoms with E-state index in [0.717, 1.165) is 35.1 Å². The van der Waals surface area contributed by atoms with Gasteiger partial charge in [-0.25, -0.2) is 13.2 Å². The lowest BCUT2D eigenvalue weighted by Crippen LogP contribution is -3.13. The quantitative estimate of drug-likeness (QED) is 0.536. The van der Waals surface area contributed by atoms with E-state index in [9.17, 15) is 22.8 Å². The smallest absolute Gasteiger partial charge is 0.275 e. The predicted octanol–water partition coefficient (Wildman–Crippen LogP) is 1.41. The molecule has 6 nitrogen and oxygen atoms in total. The summed E-state index contributed by atoms with van der Waals surface area (Å²) in [5, 5.41) is 4.60. The van der Waals surface area contributed by atoms with Gasteiger partial charge in [0.05, 0.1) is 25.4 Å². The fourth-order valence-corrected chi connectivity index (χ4v) is 3.11. The van der Waals surface area contributed by atoms with E-state index >= 15 is 0 Å². The maximum absolute atomic E-state index is 13.6. The molecule has 1 saturated carbocycles. The van der Waals surface area contributed by atoms with Crippen LogP contribution in [0, 0.1) is 17.5 Å². The van der Waals surface area contributed by atoms with Gasteiger partial charge >= 0.3 is 0 Å². The van der Waals surface area contributed by atoms with E-state index in [0.29, 0.717) is 18.7 Å². The van der Waals surface area contributed by atoms with Gasteiger partial charge in [-0.2, -0.15) is 0 Å². The average Bonchev–Trinajstić information content (AvgIpc) is 3.58. The molecule has 0 aliphatic heterocycles. The summed E-state index contributed by atoms with van der Waals surface area (Å²) in [6.07, 6.45) is 2.07. The van der Waals surface area contributed by atoms with E-state index < -0.39 is 35.6 Å². The molecule has 9 heteroatoms. The normalized spacial score (nSPS) is 14.1. The molecule has 0 heterocycles. The summed E-state index contributed by atoms with van der Waals surface area (Å²) in [6.45, 7) is 0.440. The Morgan fingerprint density at radius 1 is 1.03 bits per heavy atom. The standard InChI is InChI=1S/C21H22F3N3O3/c1-30-15-6-2-13(3-7-15)11-27(14-4-5-14)12-19(29)25-10-18(28)26-17-9-8-16(22)20(23)21(17)24/h2-3,6-9,14H,4-5,10-12H2,1H3,(H,25,29)(H,26,28)/p+1. The maximum atomic E-state index is 13.6. The zero-order chi connectivity index (χ0) is 21.7. The Labute approximate surface area is 172 Å². The Morgan fingerprint density at radius 2 is 1.73 bits per heavy atom. The van der Waals surface area contributed by atoms with Crippen molar-refractivity contribution in [2.45, 2.75) is 25.4 Å². The SMILES string of the molecule is COc1ccc(C[NH+](CC(=O)NCC(=O)Nc2ccc(F)c(F)c2F)C2CC2)cc1. The van der Waals surface area contributed by atoms with Crippen LogP contribution in [0.4, 0.5) is 18.9 Å². The molecule has 30 heavy (non-hydrogen) atoms. The molecule has 1 aliphatic carbocycles. The van der Waals surface area contributed by atoms with Crippen LogP contribution in [-0.2, 0) is 16.1 Å². The molecule has 1 aliphatic rings. The molecule has 1 atom stereocenters. The number of benzene rings is 2. The first-order valence-corrected chi connectivity index (χ1v) is 9.55. The summed E-state index contributed by atoms with van der Waals surface area (Å²) >= 11 is 0. The molecule has 0 saturated heterocycles. The molecule has 1 unspecified atom stereocenters. The van der Waals surface area contributed by atoms with Crippen molar-refractivity contribution in [1.29, 1.82) is 0 Å². The van der Waals surface area contributed by atoms with Crippen LogP contribution in [0.15, 0.2) is 36.4 Å². The molecule has 0 aromatic heterocycles. The number of carbonyl (C=O) groups is 2. The van der Waals surface area contributed by atoms with Crippen LogP contribution in [-0.4, -0.2) is 38.1 Å². The van der Waals surface area contributed by atoms with E-state index in [4.69, 9.17) is 4.74 Å². The van der Waals surface area contributed by atoms with Crippen molar-refractivity contribution in [3.8, 4) is 5.75 Å². The lowest BCUT2D eigenvalue weighted by Gasteiger charge is -2.19. The van der Waals surface area contributed by atoms with E-state index in [1.54, 1.807) is 7.11 Å². The number of amides is 2. The molecule has 3 N–H and O–H groups in total. The molecule has 160 valence electrons. The van der Waals surface area contributed by atoms with Gasteiger partial charge in [-0.1, -0.05) is 0 Å². The lowest BCUT2D eigenvalue weighted by molar-refractivity contribution is -0.917. The molecule has 2 aromatic carbocycles. The Bertz CT molecular complexity index is 918. The largest absolute Gasteiger partial charge is 0.497 e. The number of hydrogen-bond acceptors (Lipinski definition) is 3. The van der Waals surface area contributed by atoms with Gasteiger partial charge in [0.25, 0.3) is 5.91 Å². The fraction of sp³-hybridized carbons (Fsp3) is 0.333. The van der Waals surface area contributed by atoms with Gasteiger partial charge in [0.15, 0.2) is 24.0 Å². The Hall–Kier alpha value is -3.07. The number of halogens is 3. The third-order valence-corrected chi connectivity index (χ3v) is 4.89. The van der Waals surface area contributed by atoms with Crippen LogP contribution in [0.3, 0.4) is 0 Å². The number of quaternary nitrogens is 1. The molecule has 0 spiro atoms. The van der Waals surface area contributed by atoms with Gasteiger partial charge in [-0.15, -0.1) is 0 Å². The molecular formula is C21H23F3N3O3+. The van der Waals surface area contributed by atoms with E-state index in [1.165, 1.54) is 0 Å². The van der Waals surface area contributed by atoms with Crippen LogP contribution in [0.5, 0.6) is 5.75 Å². The monoisotopic (exact) mass is 422 g/mol. The lowest BCUT2D eigenvalue weighted by atomic mass is 10.2. The van der Waals surface area contributed by atoms with Crippen molar-refractivity contribution < 1.29 is 32.4 Å². The summed E-state index contributed by atoms with van der Waals surface area (Å²) < 4.78 is 44.9. The van der Waals surface area contributed by atoms with Gasteiger partial charge in [0.1, 0.15) is 12.3 Å². The van der Waals surface area contributed by atoms with Gasteiger partial charge in [0.2, 0.25) is 5.91 Å². The second-order valence-corrected chi connectivity index (χ2v) is 7.18. The average molecular weight is 422 g/mol. The highest BCUT2D eigenvalue weighted by Crippen LogP contribution is 2.19. The van der Waals surface area contributed by atoms with Gasteiger partial charge in [0, 0.05) is 18.4 Å². The van der Waals surface area contributed by atoms with Crippen LogP contribution >= 0.6 is 0 Å². The third-order valence-electron chi connectivity index (χ3n) is 4.89. The van der Waals surface area contributed by atoms with Crippen molar-refractivity contribution >= 4 is 17.5 Å². The number of hydrogen-bond donors (Lipinski definition) is 3. The van der Waals surface area contributed by atoms with E-state index in [-0.39, 0.29) is 12.5 Å². The minimum Gasteiger partial charge on any atom is -0.497 e. The van der Waals surface area contributed by atoms with Crippen LogP contribution in [0.25, 0.3) is 0 Å². The number of nitrogens with one attached hydrogen (secondary N) is 3. The minimum atomic E-state index is -1.67. The molecule has 2 amide bonds. The van der Waals surface area contributed by atoms with Crippen molar-refractivity contribution in [1.82, 2.24) is 5.32 Å². The molecule has 2 aromatic rings. The molecule has 0 radical (unpaired) electrons. The van der Waals surface area contributed by atoms with Crippen molar-refractivity contribution in [3.63, 3.8) is 0 Å². The molecule has 0 bridgehead atoms. The fourth-order valence-electron chi connectivity index (χ4n) is 3.11.